The Morgan fingerprint density at radius 1 is 1.00 bits per heavy atom. The molecule has 0 aliphatic carbocycles. The molecule has 0 heterocycles. The maximum atomic E-state index is 13.0. The average molecular weight is 225 g/mol. The lowest BCUT2D eigenvalue weighted by molar-refractivity contribution is 0.257. The summed E-state index contributed by atoms with van der Waals surface area (Å²) in [6.45, 7) is -0.891. The zero-order valence-corrected chi connectivity index (χ0v) is 7.27. The molecule has 1 atom stereocenters. The molecule has 84 valence electrons. The predicted molar refractivity (Wildman–Crippen MR) is 42.0 cm³/mol. The second-order valence-electron chi connectivity index (χ2n) is 2.81. The molecule has 0 aliphatic heterocycles. The highest BCUT2D eigenvalue weighted by atomic mass is 19.2. The van der Waals surface area contributed by atoms with Gasteiger partial charge in [-0.05, 0) is 0 Å². The van der Waals surface area contributed by atoms with E-state index in [1.165, 1.54) is 0 Å². The van der Waals surface area contributed by atoms with Crippen LogP contribution in [0.25, 0.3) is 0 Å². The number of nitrogens with two attached hydrogens (primary N) is 1. The molecule has 7 heteroatoms. The van der Waals surface area contributed by atoms with Crippen molar-refractivity contribution < 1.29 is 27.8 Å². The molecule has 0 aliphatic rings. The van der Waals surface area contributed by atoms with Crippen LogP contribution in [0.2, 0.25) is 0 Å². The summed E-state index contributed by atoms with van der Waals surface area (Å²) in [5.74, 6) is -9.25. The van der Waals surface area contributed by atoms with Crippen molar-refractivity contribution in [3.63, 3.8) is 0 Å². The maximum Gasteiger partial charge on any atom is 0.204 e. The molecule has 0 amide bonds. The predicted octanol–water partition coefficient (Wildman–Crippen LogP) is 0.941. The molecule has 0 bridgehead atoms. The Hall–Kier alpha value is -1.34. The minimum Gasteiger partial charge on any atom is -0.503 e. The van der Waals surface area contributed by atoms with Gasteiger partial charge in [0.1, 0.15) is 0 Å². The molecule has 0 saturated heterocycles. The fraction of sp³-hybridized carbons (Fsp3) is 0.250. The summed E-state index contributed by atoms with van der Waals surface area (Å²) in [5, 5.41) is 17.1. The Morgan fingerprint density at radius 3 is 1.73 bits per heavy atom. The number of hydrogen-bond acceptors (Lipinski definition) is 3. The fourth-order valence-corrected chi connectivity index (χ4v) is 1.05. The van der Waals surface area contributed by atoms with Gasteiger partial charge in [0.2, 0.25) is 11.6 Å². The molecule has 1 aromatic carbocycles. The second kappa shape index (κ2) is 4.03. The van der Waals surface area contributed by atoms with Crippen LogP contribution in [0.15, 0.2) is 0 Å². The summed E-state index contributed by atoms with van der Waals surface area (Å²) < 4.78 is 51.5. The van der Waals surface area contributed by atoms with Crippen molar-refractivity contribution in [3.05, 3.63) is 28.8 Å². The number of benzene rings is 1. The van der Waals surface area contributed by atoms with Crippen LogP contribution in [0.3, 0.4) is 0 Å². The minimum atomic E-state index is -1.94. The van der Waals surface area contributed by atoms with E-state index in [2.05, 4.69) is 0 Å². The highest BCUT2D eigenvalue weighted by molar-refractivity contribution is 5.34. The van der Waals surface area contributed by atoms with Crippen LogP contribution >= 0.6 is 0 Å². The zero-order chi connectivity index (χ0) is 11.7. The molecule has 1 aromatic rings. The SMILES string of the molecule is N[C@H](CO)c1c(F)c(F)c(O)c(F)c1F. The number of rotatable bonds is 2. The highest BCUT2D eigenvalue weighted by Crippen LogP contribution is 2.31. The van der Waals surface area contributed by atoms with Gasteiger partial charge >= 0.3 is 0 Å². The first-order chi connectivity index (χ1) is 6.91. The molecule has 0 aromatic heterocycles. The van der Waals surface area contributed by atoms with E-state index in [-0.39, 0.29) is 0 Å². The lowest BCUT2D eigenvalue weighted by atomic mass is 10.1. The van der Waals surface area contributed by atoms with Crippen molar-refractivity contribution in [1.82, 2.24) is 0 Å². The van der Waals surface area contributed by atoms with Gasteiger partial charge in [0.15, 0.2) is 17.4 Å². The van der Waals surface area contributed by atoms with Crippen molar-refractivity contribution >= 4 is 0 Å². The van der Waals surface area contributed by atoms with Crippen LogP contribution < -0.4 is 5.73 Å². The Kier molecular flexibility index (Phi) is 3.15. The van der Waals surface area contributed by atoms with Gasteiger partial charge in [-0.3, -0.25) is 0 Å². The number of aliphatic hydroxyl groups is 1. The summed E-state index contributed by atoms with van der Waals surface area (Å²) in [5.41, 5.74) is 3.90. The maximum absolute atomic E-state index is 13.0. The van der Waals surface area contributed by atoms with E-state index in [9.17, 15) is 17.6 Å². The molecule has 1 rings (SSSR count). The number of phenols is 1. The minimum absolute atomic E-state index is 0.891. The monoisotopic (exact) mass is 225 g/mol. The Morgan fingerprint density at radius 2 is 1.40 bits per heavy atom. The lowest BCUT2D eigenvalue weighted by Crippen LogP contribution is -2.19. The lowest BCUT2D eigenvalue weighted by Gasteiger charge is -2.12. The largest absolute Gasteiger partial charge is 0.503 e. The van der Waals surface area contributed by atoms with Crippen molar-refractivity contribution in [3.8, 4) is 5.75 Å². The quantitative estimate of drug-likeness (QED) is 0.518. The van der Waals surface area contributed by atoms with Crippen LogP contribution in [0.4, 0.5) is 17.6 Å². The van der Waals surface area contributed by atoms with Gasteiger partial charge in [-0.25, -0.2) is 8.78 Å². The van der Waals surface area contributed by atoms with Gasteiger partial charge < -0.3 is 15.9 Å². The Labute approximate surface area is 81.8 Å². The number of aliphatic hydroxyl groups excluding tert-OH is 1. The van der Waals surface area contributed by atoms with Gasteiger partial charge in [0.05, 0.1) is 12.6 Å². The Bertz CT molecular complexity index is 368. The molecule has 0 saturated carbocycles. The van der Waals surface area contributed by atoms with Crippen LogP contribution in [0.5, 0.6) is 5.75 Å². The normalized spacial score (nSPS) is 12.9. The number of phenolic OH excluding ortho intramolecular Hbond substituents is 1. The van der Waals surface area contributed by atoms with Crippen molar-refractivity contribution in [2.45, 2.75) is 6.04 Å². The average Bonchev–Trinajstić information content (AvgIpc) is 2.23. The molecule has 4 N–H and O–H groups in total. The zero-order valence-electron chi connectivity index (χ0n) is 7.27. The van der Waals surface area contributed by atoms with Gasteiger partial charge in [-0.15, -0.1) is 0 Å². The molecule has 15 heavy (non-hydrogen) atoms. The first kappa shape index (κ1) is 11.7. The molecule has 0 radical (unpaired) electrons. The summed E-state index contributed by atoms with van der Waals surface area (Å²) in [4.78, 5) is 0. The number of aromatic hydroxyl groups is 1. The van der Waals surface area contributed by atoms with Crippen LogP contribution in [-0.2, 0) is 0 Å². The number of halogens is 4. The van der Waals surface area contributed by atoms with Crippen LogP contribution in [-0.4, -0.2) is 16.8 Å². The number of hydrogen-bond donors (Lipinski definition) is 3. The Balaban J connectivity index is 3.52. The summed E-state index contributed by atoms with van der Waals surface area (Å²) in [7, 11) is 0. The van der Waals surface area contributed by atoms with Crippen LogP contribution in [0.1, 0.15) is 11.6 Å². The van der Waals surface area contributed by atoms with E-state index in [1.807, 2.05) is 0 Å². The molecular weight excluding hydrogens is 218 g/mol. The summed E-state index contributed by atoms with van der Waals surface area (Å²) in [6.07, 6.45) is 0. The summed E-state index contributed by atoms with van der Waals surface area (Å²) in [6, 6.07) is -1.60. The van der Waals surface area contributed by atoms with E-state index in [4.69, 9.17) is 15.9 Å². The third kappa shape index (κ3) is 1.75. The fourth-order valence-electron chi connectivity index (χ4n) is 1.05. The first-order valence-electron chi connectivity index (χ1n) is 3.83. The molecular formula is C8H7F4NO2. The smallest absolute Gasteiger partial charge is 0.204 e. The summed E-state index contributed by atoms with van der Waals surface area (Å²) >= 11 is 0. The standard InChI is InChI=1S/C8H7F4NO2/c9-4-3(2(13)1-14)5(10)7(12)8(15)6(4)11/h2,14-15H,1,13H2/t2-/m1/s1. The highest BCUT2D eigenvalue weighted by Gasteiger charge is 2.27. The van der Waals surface area contributed by atoms with Crippen molar-refractivity contribution in [2.24, 2.45) is 5.73 Å². The first-order valence-corrected chi connectivity index (χ1v) is 3.83. The van der Waals surface area contributed by atoms with E-state index < -0.39 is 47.2 Å². The van der Waals surface area contributed by atoms with Crippen molar-refractivity contribution in [2.75, 3.05) is 6.61 Å². The van der Waals surface area contributed by atoms with E-state index >= 15 is 0 Å². The molecule has 3 nitrogen and oxygen atoms in total. The molecule has 0 spiro atoms. The third-order valence-electron chi connectivity index (χ3n) is 1.84. The molecule has 0 fully saturated rings. The van der Waals surface area contributed by atoms with Gasteiger partial charge in [-0.1, -0.05) is 0 Å². The van der Waals surface area contributed by atoms with Crippen molar-refractivity contribution in [1.29, 1.82) is 0 Å². The van der Waals surface area contributed by atoms with E-state index in [0.717, 1.165) is 0 Å². The second-order valence-corrected chi connectivity index (χ2v) is 2.81. The van der Waals surface area contributed by atoms with E-state index in [1.54, 1.807) is 0 Å². The molecule has 0 unspecified atom stereocenters. The van der Waals surface area contributed by atoms with E-state index in [0.29, 0.717) is 0 Å². The van der Waals surface area contributed by atoms with Crippen LogP contribution in [0, 0.1) is 23.3 Å². The topological polar surface area (TPSA) is 66.5 Å². The third-order valence-corrected chi connectivity index (χ3v) is 1.84. The van der Waals surface area contributed by atoms with Gasteiger partial charge in [0, 0.05) is 5.56 Å². The van der Waals surface area contributed by atoms with Gasteiger partial charge in [0.25, 0.3) is 0 Å². The van der Waals surface area contributed by atoms with Gasteiger partial charge in [-0.2, -0.15) is 8.78 Å².